The van der Waals surface area contributed by atoms with E-state index in [0.29, 0.717) is 5.56 Å². The highest BCUT2D eigenvalue weighted by Gasteiger charge is 2.79. The van der Waals surface area contributed by atoms with Crippen LogP contribution in [0.5, 0.6) is 0 Å². The van der Waals surface area contributed by atoms with Gasteiger partial charge in [0.2, 0.25) is 0 Å². The number of carbonyl (C=O) groups is 2. The highest BCUT2D eigenvalue weighted by Crippen LogP contribution is 2.68. The van der Waals surface area contributed by atoms with Gasteiger partial charge in [-0.05, 0) is 17.7 Å². The summed E-state index contributed by atoms with van der Waals surface area (Å²) in [6.07, 6.45) is 0. The molecule has 0 aliphatic heterocycles. The van der Waals surface area contributed by atoms with Crippen LogP contribution in [0.25, 0.3) is 5.57 Å². The summed E-state index contributed by atoms with van der Waals surface area (Å²) in [5, 5.41) is 26.4. The summed E-state index contributed by atoms with van der Waals surface area (Å²) in [5.41, 5.74) is -3.30. The quantitative estimate of drug-likeness (QED) is 0.707. The van der Waals surface area contributed by atoms with Crippen LogP contribution in [-0.4, -0.2) is 36.4 Å². The Hall–Kier alpha value is -2.85. The van der Waals surface area contributed by atoms with Gasteiger partial charge in [-0.3, -0.25) is 9.59 Å². The molecule has 6 nitrogen and oxygen atoms in total. The molecule has 8 heteroatoms. The number of halogens is 2. The molecule has 0 aromatic heterocycles. The number of hydrogen-bond donors (Lipinski definition) is 0. The molecule has 4 atom stereocenters. The van der Waals surface area contributed by atoms with Crippen molar-refractivity contribution in [1.82, 2.24) is 0 Å². The molecule has 2 aliphatic carbocycles. The maximum Gasteiger partial charge on any atom is 0.182 e. The number of alkyl halides is 2. The Morgan fingerprint density at radius 2 is 1.41 bits per heavy atom. The van der Waals surface area contributed by atoms with E-state index in [0.717, 1.165) is 5.69 Å². The largest absolute Gasteiger partial charge is 0.378 e. The lowest BCUT2D eigenvalue weighted by Gasteiger charge is -2.53. The molecule has 0 amide bonds. The number of carbonyl (C=O) groups excluding carboxylic acids is 2. The third kappa shape index (κ3) is 1.99. The number of fused-ring (bicyclic) bond motifs is 1. The van der Waals surface area contributed by atoms with Gasteiger partial charge >= 0.3 is 0 Å². The Kier molecular flexibility index (Phi) is 4.28. The summed E-state index contributed by atoms with van der Waals surface area (Å²) >= 11 is 12.0. The molecular weight excluding hydrogens is 387 g/mol. The van der Waals surface area contributed by atoms with Gasteiger partial charge in [-0.15, -0.1) is 23.2 Å². The Bertz CT molecular complexity index is 1030. The zero-order valence-electron chi connectivity index (χ0n) is 14.3. The van der Waals surface area contributed by atoms with Crippen LogP contribution in [0.15, 0.2) is 29.8 Å². The molecule has 1 aromatic rings. The van der Waals surface area contributed by atoms with Crippen LogP contribution in [0.1, 0.15) is 5.56 Å². The van der Waals surface area contributed by atoms with Gasteiger partial charge in [0.05, 0.1) is 23.8 Å². The molecule has 1 aromatic carbocycles. The zero-order chi connectivity index (χ0) is 20.1. The first-order valence-corrected chi connectivity index (χ1v) is 8.74. The van der Waals surface area contributed by atoms with Crippen LogP contribution in [-0.2, 0) is 9.59 Å². The van der Waals surface area contributed by atoms with Crippen molar-refractivity contribution >= 4 is 46.0 Å². The Labute approximate surface area is 165 Å². The summed E-state index contributed by atoms with van der Waals surface area (Å²) in [6.45, 7) is 0. The van der Waals surface area contributed by atoms with E-state index in [9.17, 15) is 25.4 Å². The average molecular weight is 399 g/mol. The molecule has 3 rings (SSSR count). The van der Waals surface area contributed by atoms with Crippen LogP contribution in [0.3, 0.4) is 0 Å². The monoisotopic (exact) mass is 398 g/mol. The van der Waals surface area contributed by atoms with Crippen LogP contribution in [0.2, 0.25) is 0 Å². The van der Waals surface area contributed by atoms with E-state index in [1.807, 2.05) is 31.1 Å². The van der Waals surface area contributed by atoms with Crippen LogP contribution in [0, 0.1) is 44.8 Å². The molecule has 0 N–H and O–H groups in total. The van der Waals surface area contributed by atoms with Crippen LogP contribution in [0.4, 0.5) is 5.69 Å². The average Bonchev–Trinajstić information content (AvgIpc) is 2.66. The van der Waals surface area contributed by atoms with Gasteiger partial charge in [-0.1, -0.05) is 12.1 Å². The molecule has 0 radical (unpaired) electrons. The van der Waals surface area contributed by atoms with Crippen molar-refractivity contribution in [3.63, 3.8) is 0 Å². The molecule has 2 unspecified atom stereocenters. The second-order valence-corrected chi connectivity index (χ2v) is 7.50. The van der Waals surface area contributed by atoms with E-state index < -0.39 is 33.2 Å². The first kappa shape index (κ1) is 18.9. The van der Waals surface area contributed by atoms with Gasteiger partial charge in [0.25, 0.3) is 0 Å². The van der Waals surface area contributed by atoms with E-state index in [1.165, 1.54) is 0 Å². The maximum atomic E-state index is 13.0. The summed E-state index contributed by atoms with van der Waals surface area (Å²) in [6, 6.07) is 12.2. The number of nitriles is 3. The summed E-state index contributed by atoms with van der Waals surface area (Å²) in [4.78, 5) is 27.7. The maximum absolute atomic E-state index is 13.0. The molecule has 134 valence electrons. The van der Waals surface area contributed by atoms with Crippen molar-refractivity contribution in [3.05, 3.63) is 35.4 Å². The van der Waals surface area contributed by atoms with Gasteiger partial charge in [0.1, 0.15) is 10.8 Å². The number of allylic oxidation sites excluding steroid dienone is 2. The Balaban J connectivity index is 2.35. The number of hydrogen-bond acceptors (Lipinski definition) is 6. The van der Waals surface area contributed by atoms with Gasteiger partial charge < -0.3 is 4.90 Å². The van der Waals surface area contributed by atoms with E-state index in [4.69, 9.17) is 23.2 Å². The van der Waals surface area contributed by atoms with E-state index in [-0.39, 0.29) is 11.1 Å². The van der Waals surface area contributed by atoms with Crippen molar-refractivity contribution in [3.8, 4) is 18.2 Å². The topological polar surface area (TPSA) is 109 Å². The SMILES string of the molecule is CN(C)c1ccc(C2=C(C#N)[C@]3(C#N)C(=O)C(Cl)C(Cl)C(=O)[C@]23C#N)cc1. The minimum atomic E-state index is -2.24. The standard InChI is InChI=1S/C19H12Cl2N4O2/c1-25(2)11-5-3-10(4-6-11)13-12(7-22)18(8-23)16(26)14(20)15(21)17(27)19(13,18)9-24/h3-6,14-15H,1-2H3/t14?,15?,18-,19+/m1/s1. The minimum Gasteiger partial charge on any atom is -0.378 e. The fourth-order valence-corrected chi connectivity index (χ4v) is 4.36. The van der Waals surface area contributed by atoms with E-state index in [2.05, 4.69) is 0 Å². The molecule has 1 saturated carbocycles. The van der Waals surface area contributed by atoms with Crippen molar-refractivity contribution in [1.29, 1.82) is 15.8 Å². The third-order valence-corrected chi connectivity index (χ3v) is 6.21. The van der Waals surface area contributed by atoms with Crippen molar-refractivity contribution in [2.45, 2.75) is 10.8 Å². The van der Waals surface area contributed by atoms with Crippen LogP contribution < -0.4 is 4.90 Å². The fraction of sp³-hybridized carbons (Fsp3) is 0.316. The third-order valence-electron chi connectivity index (χ3n) is 5.18. The highest BCUT2D eigenvalue weighted by molar-refractivity contribution is 6.48. The van der Waals surface area contributed by atoms with Crippen LogP contribution >= 0.6 is 23.2 Å². The summed E-state index contributed by atoms with van der Waals surface area (Å²) in [5.74, 6) is -1.73. The Morgan fingerprint density at radius 3 is 1.81 bits per heavy atom. The predicted molar refractivity (Wildman–Crippen MR) is 98.7 cm³/mol. The molecule has 0 bridgehead atoms. The molecule has 0 heterocycles. The molecule has 1 fully saturated rings. The normalized spacial score (nSPS) is 31.9. The predicted octanol–water partition coefficient (Wildman–Crippen LogP) is 2.43. The van der Waals surface area contributed by atoms with Gasteiger partial charge in [-0.25, -0.2) is 0 Å². The smallest absolute Gasteiger partial charge is 0.182 e. The first-order valence-electron chi connectivity index (χ1n) is 7.87. The van der Waals surface area contributed by atoms with Gasteiger partial charge in [0, 0.05) is 25.4 Å². The number of benzene rings is 1. The molecule has 0 spiro atoms. The number of nitrogens with zero attached hydrogens (tertiary/aromatic N) is 4. The molecule has 0 saturated heterocycles. The summed E-state index contributed by atoms with van der Waals surface area (Å²) < 4.78 is 0. The summed E-state index contributed by atoms with van der Waals surface area (Å²) in [7, 11) is 3.69. The van der Waals surface area contributed by atoms with Crippen molar-refractivity contribution < 1.29 is 9.59 Å². The van der Waals surface area contributed by atoms with Gasteiger partial charge in [0.15, 0.2) is 22.4 Å². The lowest BCUT2D eigenvalue weighted by Crippen LogP contribution is -2.68. The first-order chi connectivity index (χ1) is 12.7. The number of Topliss-reactive ketones (excluding diaryl/α,β-unsaturated/α-hetero) is 2. The highest BCUT2D eigenvalue weighted by atomic mass is 35.5. The van der Waals surface area contributed by atoms with Crippen molar-refractivity contribution in [2.75, 3.05) is 19.0 Å². The number of rotatable bonds is 2. The fourth-order valence-electron chi connectivity index (χ4n) is 3.80. The van der Waals surface area contributed by atoms with E-state index >= 15 is 0 Å². The second kappa shape index (κ2) is 6.10. The Morgan fingerprint density at radius 1 is 0.926 bits per heavy atom. The van der Waals surface area contributed by atoms with Gasteiger partial charge in [-0.2, -0.15) is 15.8 Å². The lowest BCUT2D eigenvalue weighted by molar-refractivity contribution is -0.141. The number of anilines is 1. The van der Waals surface area contributed by atoms with E-state index in [1.54, 1.807) is 30.3 Å². The minimum absolute atomic E-state index is 0.0481. The lowest BCUT2D eigenvalue weighted by atomic mass is 9.40. The second-order valence-electron chi connectivity index (χ2n) is 6.56. The zero-order valence-corrected chi connectivity index (χ0v) is 15.8. The molecular formula is C19H12Cl2N4O2. The molecule has 2 aliphatic rings. The molecule has 27 heavy (non-hydrogen) atoms. The van der Waals surface area contributed by atoms with Crippen molar-refractivity contribution in [2.24, 2.45) is 10.8 Å². The number of ketones is 2.